The lowest BCUT2D eigenvalue weighted by atomic mass is 10.2. The molecule has 3 rings (SSSR count). The van der Waals surface area contributed by atoms with Gasteiger partial charge in [-0.3, -0.25) is 9.48 Å². The number of ether oxygens (including phenoxy) is 1. The third kappa shape index (κ3) is 3.96. The topological polar surface area (TPSA) is 78.5 Å². The van der Waals surface area contributed by atoms with Crippen LogP contribution in [-0.4, -0.2) is 32.8 Å². The second-order valence-corrected chi connectivity index (χ2v) is 7.39. The summed E-state index contributed by atoms with van der Waals surface area (Å²) in [6.07, 6.45) is 3.50. The fraction of sp³-hybridized carbons (Fsp3) is 0.300. The maximum atomic E-state index is 12.6. The van der Waals surface area contributed by atoms with Crippen molar-refractivity contribution in [3.8, 4) is 0 Å². The molecule has 0 unspecified atom stereocenters. The molecule has 0 bridgehead atoms. The summed E-state index contributed by atoms with van der Waals surface area (Å²) >= 11 is 1.33. The zero-order chi connectivity index (χ0) is 20.3. The number of aromatic nitrogens is 3. The molecule has 3 aromatic rings. The maximum absolute atomic E-state index is 12.6. The molecule has 1 amide bonds. The number of carbonyl (C=O) groups excluding carboxylic acids is 2. The summed E-state index contributed by atoms with van der Waals surface area (Å²) in [5.74, 6) is -0.781. The summed E-state index contributed by atoms with van der Waals surface area (Å²) < 4.78 is 9.51. The molecule has 7 nitrogen and oxygen atoms in total. The molecule has 0 atom stereocenters. The molecule has 2 aromatic heterocycles. The third-order valence-electron chi connectivity index (χ3n) is 4.06. The first-order valence-corrected chi connectivity index (χ1v) is 9.81. The van der Waals surface area contributed by atoms with Crippen LogP contribution in [-0.2, 0) is 11.3 Å². The lowest BCUT2D eigenvalue weighted by molar-refractivity contribution is 0.0526. The number of amides is 1. The maximum Gasteiger partial charge on any atom is 0.338 e. The standard InChI is InChI=1S/C20H22N4O3S/c1-5-10-23-16-8-7-14(19(26)27-6-2)12-17(16)28-20(23)21-18(25)15-9-11-24(22-15)13(3)4/h5,7-9,11-13H,1,6,10H2,2-4H3. The third-order valence-corrected chi connectivity index (χ3v) is 5.10. The highest BCUT2D eigenvalue weighted by atomic mass is 32.1. The Balaban J connectivity index is 2.06. The van der Waals surface area contributed by atoms with Crippen molar-refractivity contribution in [3.63, 3.8) is 0 Å². The van der Waals surface area contributed by atoms with Gasteiger partial charge in [0.1, 0.15) is 0 Å². The smallest absolute Gasteiger partial charge is 0.338 e. The van der Waals surface area contributed by atoms with Gasteiger partial charge in [0.15, 0.2) is 10.5 Å². The van der Waals surface area contributed by atoms with Crippen molar-refractivity contribution < 1.29 is 14.3 Å². The molecule has 8 heteroatoms. The van der Waals surface area contributed by atoms with Gasteiger partial charge in [-0.25, -0.2) is 4.79 Å². The summed E-state index contributed by atoms with van der Waals surface area (Å²) in [5, 5.41) is 4.28. The molecule has 146 valence electrons. The summed E-state index contributed by atoms with van der Waals surface area (Å²) in [5.41, 5.74) is 1.63. The van der Waals surface area contributed by atoms with Gasteiger partial charge in [-0.15, -0.1) is 6.58 Å². The summed E-state index contributed by atoms with van der Waals surface area (Å²) in [6, 6.07) is 7.13. The molecular weight excluding hydrogens is 376 g/mol. The first-order chi connectivity index (χ1) is 13.4. The van der Waals surface area contributed by atoms with Gasteiger partial charge in [0.25, 0.3) is 5.91 Å². The van der Waals surface area contributed by atoms with Crippen LogP contribution in [0.4, 0.5) is 0 Å². The number of carbonyl (C=O) groups is 2. The highest BCUT2D eigenvalue weighted by Crippen LogP contribution is 2.20. The molecular formula is C20H22N4O3S. The molecule has 0 aliphatic heterocycles. The Bertz CT molecular complexity index is 1100. The number of allylic oxidation sites excluding steroid dienone is 1. The van der Waals surface area contributed by atoms with Crippen molar-refractivity contribution in [1.82, 2.24) is 14.3 Å². The van der Waals surface area contributed by atoms with Crippen LogP contribution in [0.5, 0.6) is 0 Å². The number of nitrogens with zero attached hydrogens (tertiary/aromatic N) is 4. The van der Waals surface area contributed by atoms with Crippen LogP contribution in [0.3, 0.4) is 0 Å². The molecule has 0 N–H and O–H groups in total. The van der Waals surface area contributed by atoms with Gasteiger partial charge in [0, 0.05) is 18.8 Å². The number of rotatable bonds is 6. The monoisotopic (exact) mass is 398 g/mol. The number of fused-ring (bicyclic) bond motifs is 1. The number of hydrogen-bond donors (Lipinski definition) is 0. The lowest BCUT2D eigenvalue weighted by Gasteiger charge is -2.03. The number of thiazole rings is 1. The zero-order valence-electron chi connectivity index (χ0n) is 16.1. The van der Waals surface area contributed by atoms with Crippen molar-refractivity contribution >= 4 is 33.4 Å². The van der Waals surface area contributed by atoms with Crippen LogP contribution in [0.1, 0.15) is 47.7 Å². The van der Waals surface area contributed by atoms with E-state index >= 15 is 0 Å². The Morgan fingerprint density at radius 1 is 1.36 bits per heavy atom. The Labute approximate surface area is 166 Å². The molecule has 28 heavy (non-hydrogen) atoms. The molecule has 1 aromatic carbocycles. The SMILES string of the molecule is C=CCn1c(=NC(=O)c2ccn(C(C)C)n2)sc2cc(C(=O)OCC)ccc21. The van der Waals surface area contributed by atoms with Gasteiger partial charge in [0.2, 0.25) is 0 Å². The Kier molecular flexibility index (Phi) is 5.89. The Morgan fingerprint density at radius 3 is 2.79 bits per heavy atom. The first-order valence-electron chi connectivity index (χ1n) is 9.00. The largest absolute Gasteiger partial charge is 0.462 e. The highest BCUT2D eigenvalue weighted by Gasteiger charge is 2.14. The van der Waals surface area contributed by atoms with E-state index in [9.17, 15) is 9.59 Å². The van der Waals surface area contributed by atoms with E-state index in [-0.39, 0.29) is 12.0 Å². The van der Waals surface area contributed by atoms with E-state index in [1.165, 1.54) is 11.3 Å². The van der Waals surface area contributed by atoms with Gasteiger partial charge >= 0.3 is 5.97 Å². The summed E-state index contributed by atoms with van der Waals surface area (Å²) in [4.78, 5) is 29.4. The number of benzene rings is 1. The van der Waals surface area contributed by atoms with Crippen LogP contribution >= 0.6 is 11.3 Å². The molecule has 0 fully saturated rings. The second kappa shape index (κ2) is 8.35. The minimum atomic E-state index is -0.408. The van der Waals surface area contributed by atoms with Gasteiger partial charge in [-0.1, -0.05) is 17.4 Å². The number of esters is 1. The average Bonchev–Trinajstić information content (AvgIpc) is 3.28. The van der Waals surface area contributed by atoms with Crippen LogP contribution in [0.15, 0.2) is 48.1 Å². The zero-order valence-corrected chi connectivity index (χ0v) is 16.9. The van der Waals surface area contributed by atoms with E-state index in [2.05, 4.69) is 16.7 Å². The summed E-state index contributed by atoms with van der Waals surface area (Å²) in [7, 11) is 0. The van der Waals surface area contributed by atoms with Crippen molar-refractivity contribution in [2.45, 2.75) is 33.4 Å². The molecule has 0 aliphatic rings. The minimum absolute atomic E-state index is 0.165. The Hall–Kier alpha value is -3.00. The van der Waals surface area contributed by atoms with E-state index < -0.39 is 5.91 Å². The molecule has 0 saturated carbocycles. The van der Waals surface area contributed by atoms with Gasteiger partial charge in [-0.05, 0) is 45.0 Å². The van der Waals surface area contributed by atoms with E-state index in [1.807, 2.05) is 24.5 Å². The van der Waals surface area contributed by atoms with Crippen LogP contribution in [0.25, 0.3) is 10.2 Å². The van der Waals surface area contributed by atoms with Crippen molar-refractivity contribution in [2.75, 3.05) is 6.61 Å². The number of hydrogen-bond acceptors (Lipinski definition) is 5. The first kappa shape index (κ1) is 19.8. The van der Waals surface area contributed by atoms with Crippen LogP contribution in [0, 0.1) is 0 Å². The van der Waals surface area contributed by atoms with Crippen LogP contribution < -0.4 is 4.80 Å². The molecule has 0 spiro atoms. The predicted octanol–water partition coefficient (Wildman–Crippen LogP) is 3.58. The van der Waals surface area contributed by atoms with E-state index in [0.29, 0.717) is 29.2 Å². The lowest BCUT2D eigenvalue weighted by Crippen LogP contribution is -2.16. The van der Waals surface area contributed by atoms with E-state index in [4.69, 9.17) is 4.74 Å². The second-order valence-electron chi connectivity index (χ2n) is 6.38. The van der Waals surface area contributed by atoms with Crippen molar-refractivity contribution in [1.29, 1.82) is 0 Å². The minimum Gasteiger partial charge on any atom is -0.462 e. The molecule has 2 heterocycles. The quantitative estimate of drug-likeness (QED) is 0.470. The Morgan fingerprint density at radius 2 is 2.14 bits per heavy atom. The van der Waals surface area contributed by atoms with E-state index in [1.54, 1.807) is 42.1 Å². The molecule has 0 aliphatic carbocycles. The van der Waals surface area contributed by atoms with Gasteiger partial charge in [0.05, 0.1) is 22.4 Å². The summed E-state index contributed by atoms with van der Waals surface area (Å²) in [6.45, 7) is 10.3. The average molecular weight is 398 g/mol. The highest BCUT2D eigenvalue weighted by molar-refractivity contribution is 7.16. The fourth-order valence-electron chi connectivity index (χ4n) is 2.69. The molecule has 0 saturated heterocycles. The fourth-order valence-corrected chi connectivity index (χ4v) is 3.77. The normalized spacial score (nSPS) is 11.9. The predicted molar refractivity (Wildman–Crippen MR) is 108 cm³/mol. The van der Waals surface area contributed by atoms with Gasteiger partial charge < -0.3 is 9.30 Å². The molecule has 0 radical (unpaired) electrons. The van der Waals surface area contributed by atoms with Crippen molar-refractivity contribution in [3.05, 3.63) is 59.2 Å². The van der Waals surface area contributed by atoms with E-state index in [0.717, 1.165) is 10.2 Å². The van der Waals surface area contributed by atoms with Crippen molar-refractivity contribution in [2.24, 2.45) is 4.99 Å². The van der Waals surface area contributed by atoms with Crippen LogP contribution in [0.2, 0.25) is 0 Å². The van der Waals surface area contributed by atoms with Gasteiger partial charge in [-0.2, -0.15) is 10.1 Å².